The summed E-state index contributed by atoms with van der Waals surface area (Å²) in [5.74, 6) is -1.80. The molecular weight excluding hydrogens is 416 g/mol. The Labute approximate surface area is 184 Å². The molecule has 0 bridgehead atoms. The number of fused-ring (bicyclic) bond motifs is 3. The molecule has 168 valence electrons. The molecule has 1 amide bonds. The lowest BCUT2D eigenvalue weighted by atomic mass is 9.91. The van der Waals surface area contributed by atoms with Crippen molar-refractivity contribution in [2.45, 2.75) is 46.1 Å². The molecule has 4 rings (SSSR count). The van der Waals surface area contributed by atoms with Gasteiger partial charge >= 0.3 is 5.97 Å². The van der Waals surface area contributed by atoms with Gasteiger partial charge in [0.25, 0.3) is 5.91 Å². The number of halogens is 2. The van der Waals surface area contributed by atoms with Crippen molar-refractivity contribution in [1.29, 1.82) is 0 Å². The number of amides is 1. The number of esters is 1. The van der Waals surface area contributed by atoms with Crippen LogP contribution in [-0.4, -0.2) is 18.4 Å². The van der Waals surface area contributed by atoms with E-state index in [9.17, 15) is 18.4 Å². The smallest absolute Gasteiger partial charge is 0.343 e. The highest BCUT2D eigenvalue weighted by atomic mass is 19.1. The zero-order valence-corrected chi connectivity index (χ0v) is 18.5. The Morgan fingerprint density at radius 3 is 2.38 bits per heavy atom. The maximum absolute atomic E-state index is 13.9. The summed E-state index contributed by atoms with van der Waals surface area (Å²) in [4.78, 5) is 25.8. The van der Waals surface area contributed by atoms with Crippen molar-refractivity contribution in [1.82, 2.24) is 5.32 Å². The number of rotatable bonds is 6. The first-order valence-electron chi connectivity index (χ1n) is 10.7. The predicted octanol–water partition coefficient (Wildman–Crippen LogP) is 5.95. The molecule has 0 saturated heterocycles. The Morgan fingerprint density at radius 2 is 1.75 bits per heavy atom. The van der Waals surface area contributed by atoms with Crippen LogP contribution >= 0.6 is 0 Å². The van der Waals surface area contributed by atoms with Gasteiger partial charge in [-0.15, -0.1) is 0 Å². The van der Waals surface area contributed by atoms with Gasteiger partial charge in [-0.1, -0.05) is 20.8 Å². The van der Waals surface area contributed by atoms with Gasteiger partial charge in [0, 0.05) is 18.0 Å². The highest BCUT2D eigenvalue weighted by Gasteiger charge is 2.47. The van der Waals surface area contributed by atoms with E-state index in [-0.39, 0.29) is 34.1 Å². The van der Waals surface area contributed by atoms with E-state index < -0.39 is 23.2 Å². The summed E-state index contributed by atoms with van der Waals surface area (Å²) in [6.07, 6.45) is 1.28. The predicted molar refractivity (Wildman–Crippen MR) is 116 cm³/mol. The molecule has 1 aliphatic rings. The van der Waals surface area contributed by atoms with Gasteiger partial charge in [0.2, 0.25) is 0 Å². The number of carbonyl (C=O) groups excluding carboxylic acids is 2. The van der Waals surface area contributed by atoms with Gasteiger partial charge < -0.3 is 14.5 Å². The third kappa shape index (κ3) is 3.76. The number of benzene rings is 2. The third-order valence-electron chi connectivity index (χ3n) is 5.57. The summed E-state index contributed by atoms with van der Waals surface area (Å²) >= 11 is 0. The SMILES string of the molecule is CCCNC(=O)c1cc(-c2cc(F)cc(F)c2)cc2c3c(oc12)C(C)(CC(C)C)OC3=O. The maximum atomic E-state index is 13.9. The Balaban J connectivity index is 1.98. The number of cyclic esters (lactones) is 1. The Kier molecular flexibility index (Phi) is 5.53. The lowest BCUT2D eigenvalue weighted by molar-refractivity contribution is -0.0170. The van der Waals surface area contributed by atoms with E-state index in [4.69, 9.17) is 9.15 Å². The molecule has 1 atom stereocenters. The van der Waals surface area contributed by atoms with Crippen LogP contribution in [0.5, 0.6) is 0 Å². The number of hydrogen-bond acceptors (Lipinski definition) is 4. The van der Waals surface area contributed by atoms with Crippen LogP contribution in [0.4, 0.5) is 8.78 Å². The van der Waals surface area contributed by atoms with Crippen molar-refractivity contribution in [2.75, 3.05) is 6.54 Å². The number of nitrogens with one attached hydrogen (secondary N) is 1. The summed E-state index contributed by atoms with van der Waals surface area (Å²) < 4.78 is 39.6. The molecule has 1 aliphatic heterocycles. The van der Waals surface area contributed by atoms with Crippen LogP contribution in [0.2, 0.25) is 0 Å². The molecule has 32 heavy (non-hydrogen) atoms. The molecule has 7 heteroatoms. The number of ether oxygens (including phenoxy) is 1. The Bertz CT molecular complexity index is 1210. The van der Waals surface area contributed by atoms with Gasteiger partial charge in [-0.2, -0.15) is 0 Å². The summed E-state index contributed by atoms with van der Waals surface area (Å²) in [5, 5.41) is 3.20. The van der Waals surface area contributed by atoms with Crippen LogP contribution in [0.25, 0.3) is 22.1 Å². The van der Waals surface area contributed by atoms with Crippen molar-refractivity contribution in [3.8, 4) is 11.1 Å². The molecule has 5 nitrogen and oxygen atoms in total. The topological polar surface area (TPSA) is 68.5 Å². The van der Waals surface area contributed by atoms with E-state index in [1.807, 2.05) is 20.8 Å². The van der Waals surface area contributed by atoms with Crippen molar-refractivity contribution >= 4 is 22.8 Å². The van der Waals surface area contributed by atoms with Crippen LogP contribution in [0.3, 0.4) is 0 Å². The molecule has 1 unspecified atom stereocenters. The summed E-state index contributed by atoms with van der Waals surface area (Å²) in [5.41, 5.74) is 0.403. The first kappa shape index (κ1) is 22.0. The Hall–Kier alpha value is -3.22. The zero-order chi connectivity index (χ0) is 23.2. The first-order valence-corrected chi connectivity index (χ1v) is 10.7. The maximum Gasteiger partial charge on any atom is 0.343 e. The molecule has 2 aromatic carbocycles. The first-order chi connectivity index (χ1) is 15.1. The van der Waals surface area contributed by atoms with Crippen molar-refractivity contribution in [2.24, 2.45) is 5.92 Å². The fourth-order valence-corrected chi connectivity index (χ4v) is 4.38. The average Bonchev–Trinajstić information content (AvgIpc) is 3.20. The molecule has 0 radical (unpaired) electrons. The van der Waals surface area contributed by atoms with Crippen LogP contribution in [0.1, 0.15) is 67.0 Å². The quantitative estimate of drug-likeness (QED) is 0.480. The molecule has 2 heterocycles. The molecule has 1 aromatic heterocycles. The molecule has 0 aliphatic carbocycles. The van der Waals surface area contributed by atoms with E-state index in [1.54, 1.807) is 13.0 Å². The molecule has 1 N–H and O–H groups in total. The van der Waals surface area contributed by atoms with Gasteiger partial charge in [-0.05, 0) is 61.1 Å². The van der Waals surface area contributed by atoms with Gasteiger partial charge in [0.1, 0.15) is 22.8 Å². The highest BCUT2D eigenvalue weighted by Crippen LogP contribution is 2.47. The average molecular weight is 441 g/mol. The number of hydrogen-bond donors (Lipinski definition) is 1. The highest BCUT2D eigenvalue weighted by molar-refractivity contribution is 6.14. The second-order valence-electron chi connectivity index (χ2n) is 8.84. The Morgan fingerprint density at radius 1 is 1.09 bits per heavy atom. The summed E-state index contributed by atoms with van der Waals surface area (Å²) in [7, 11) is 0. The van der Waals surface area contributed by atoms with Crippen LogP contribution < -0.4 is 5.32 Å². The molecule has 0 saturated carbocycles. The zero-order valence-electron chi connectivity index (χ0n) is 18.5. The minimum absolute atomic E-state index is 0.199. The van der Waals surface area contributed by atoms with E-state index in [0.29, 0.717) is 29.7 Å². The minimum Gasteiger partial charge on any atom is -0.455 e. The number of furan rings is 1. The summed E-state index contributed by atoms with van der Waals surface area (Å²) in [6, 6.07) is 6.29. The fraction of sp³-hybridized carbons (Fsp3) is 0.360. The second kappa shape index (κ2) is 8.04. The van der Waals surface area contributed by atoms with Crippen molar-refractivity contribution in [3.63, 3.8) is 0 Å². The molecule has 0 spiro atoms. The van der Waals surface area contributed by atoms with Crippen molar-refractivity contribution in [3.05, 3.63) is 58.9 Å². The van der Waals surface area contributed by atoms with E-state index in [0.717, 1.165) is 12.5 Å². The second-order valence-corrected chi connectivity index (χ2v) is 8.84. The van der Waals surface area contributed by atoms with Crippen molar-refractivity contribution < 1.29 is 27.5 Å². The standard InChI is InChI=1S/C25H25F2NO4/c1-5-6-28-23(29)19-10-15(14-7-16(26)11-17(27)8-14)9-18-20-22(31-21(18)19)25(4,12-13(2)3)32-24(20)30/h7-11,13H,5-6,12H2,1-4H3,(H,28,29). The lowest BCUT2D eigenvalue weighted by Gasteiger charge is -2.24. The minimum atomic E-state index is -0.956. The number of carbonyl (C=O) groups is 2. The fourth-order valence-electron chi connectivity index (χ4n) is 4.38. The molecule has 0 fully saturated rings. The summed E-state index contributed by atoms with van der Waals surface area (Å²) in [6.45, 7) is 8.20. The van der Waals surface area contributed by atoms with E-state index in [1.165, 1.54) is 18.2 Å². The van der Waals surface area contributed by atoms with Crippen LogP contribution in [0.15, 0.2) is 34.7 Å². The molecule has 3 aromatic rings. The normalized spacial score (nSPS) is 17.7. The third-order valence-corrected chi connectivity index (χ3v) is 5.57. The molecular formula is C25H25F2NO4. The lowest BCUT2D eigenvalue weighted by Crippen LogP contribution is -2.25. The van der Waals surface area contributed by atoms with E-state index >= 15 is 0 Å². The van der Waals surface area contributed by atoms with Gasteiger partial charge in [0.15, 0.2) is 11.4 Å². The van der Waals surface area contributed by atoms with E-state index in [2.05, 4.69) is 5.32 Å². The van der Waals surface area contributed by atoms with Crippen LogP contribution in [-0.2, 0) is 10.3 Å². The van der Waals surface area contributed by atoms with Gasteiger partial charge in [-0.25, -0.2) is 13.6 Å². The van der Waals surface area contributed by atoms with Gasteiger partial charge in [-0.3, -0.25) is 4.79 Å². The largest absolute Gasteiger partial charge is 0.455 e. The monoisotopic (exact) mass is 441 g/mol. The van der Waals surface area contributed by atoms with Crippen LogP contribution in [0, 0.1) is 17.6 Å². The van der Waals surface area contributed by atoms with Gasteiger partial charge in [0.05, 0.1) is 5.56 Å².